The Balaban J connectivity index is 2.54. The first-order chi connectivity index (χ1) is 8.72. The van der Waals surface area contributed by atoms with Crippen LogP contribution < -0.4 is 5.32 Å². The Morgan fingerprint density at radius 2 is 2.17 bits per heavy atom. The molecule has 0 aromatic rings. The van der Waals surface area contributed by atoms with E-state index in [0.717, 1.165) is 32.1 Å². The second kappa shape index (κ2) is 8.48. The number of ether oxygens (including phenoxy) is 1. The quantitative estimate of drug-likeness (QED) is 0.683. The zero-order chi connectivity index (χ0) is 13.4. The van der Waals surface area contributed by atoms with Crippen LogP contribution in [0.4, 0.5) is 0 Å². The molecule has 2 N–H and O–H groups in total. The van der Waals surface area contributed by atoms with E-state index in [1.54, 1.807) is 0 Å². The average Bonchev–Trinajstić information content (AvgIpc) is 2.42. The van der Waals surface area contributed by atoms with Crippen molar-refractivity contribution >= 4 is 5.97 Å². The molecule has 18 heavy (non-hydrogen) atoms. The number of nitrogens with one attached hydrogen (secondary N) is 1. The molecular weight excluding hydrogens is 230 g/mol. The van der Waals surface area contributed by atoms with Gasteiger partial charge in [-0.05, 0) is 25.2 Å². The highest BCUT2D eigenvalue weighted by molar-refractivity contribution is 5.75. The van der Waals surface area contributed by atoms with Crippen LogP contribution >= 0.6 is 0 Å². The van der Waals surface area contributed by atoms with E-state index in [9.17, 15) is 9.90 Å². The van der Waals surface area contributed by atoms with E-state index in [1.165, 1.54) is 20.0 Å². The van der Waals surface area contributed by atoms with Gasteiger partial charge in [0.05, 0.1) is 7.11 Å². The molecule has 4 heteroatoms. The Bertz CT molecular complexity index is 245. The molecule has 0 aromatic carbocycles. The third kappa shape index (κ3) is 4.58. The van der Waals surface area contributed by atoms with Crippen LogP contribution in [0.2, 0.25) is 0 Å². The van der Waals surface area contributed by atoms with Crippen LogP contribution in [0, 0.1) is 5.92 Å². The minimum absolute atomic E-state index is 0.175. The van der Waals surface area contributed by atoms with Gasteiger partial charge in [0.25, 0.3) is 0 Å². The lowest BCUT2D eigenvalue weighted by Crippen LogP contribution is -2.49. The molecule has 1 saturated carbocycles. The summed E-state index contributed by atoms with van der Waals surface area (Å²) in [6, 6.07) is 0.0387. The molecule has 4 nitrogen and oxygen atoms in total. The summed E-state index contributed by atoms with van der Waals surface area (Å²) < 4.78 is 4.86. The first-order valence-corrected chi connectivity index (χ1v) is 7.17. The van der Waals surface area contributed by atoms with Gasteiger partial charge in [-0.25, -0.2) is 0 Å². The molecule has 0 amide bonds. The smallest absolute Gasteiger partial charge is 0.322 e. The molecule has 0 spiro atoms. The first kappa shape index (κ1) is 15.4. The van der Waals surface area contributed by atoms with E-state index < -0.39 is 0 Å². The molecule has 1 rings (SSSR count). The van der Waals surface area contributed by atoms with Gasteiger partial charge in [-0.15, -0.1) is 0 Å². The summed E-state index contributed by atoms with van der Waals surface area (Å²) in [6.45, 7) is 2.32. The Labute approximate surface area is 110 Å². The van der Waals surface area contributed by atoms with Crippen LogP contribution in [0.25, 0.3) is 0 Å². The molecule has 0 radical (unpaired) electrons. The molecule has 106 valence electrons. The molecular formula is C14H27NO3. The minimum Gasteiger partial charge on any atom is -0.468 e. The second-order valence-corrected chi connectivity index (χ2v) is 5.22. The van der Waals surface area contributed by atoms with Crippen molar-refractivity contribution in [2.45, 2.75) is 64.0 Å². The molecule has 1 aliphatic rings. The summed E-state index contributed by atoms with van der Waals surface area (Å²) in [5.74, 6) is 0.109. The summed E-state index contributed by atoms with van der Waals surface area (Å²) in [5.41, 5.74) is 0. The highest BCUT2D eigenvalue weighted by atomic mass is 16.5. The van der Waals surface area contributed by atoms with Crippen LogP contribution in [-0.4, -0.2) is 36.9 Å². The minimum atomic E-state index is -0.216. The topological polar surface area (TPSA) is 58.6 Å². The van der Waals surface area contributed by atoms with E-state index in [2.05, 4.69) is 12.2 Å². The maximum atomic E-state index is 11.7. The fourth-order valence-corrected chi connectivity index (χ4v) is 2.72. The van der Waals surface area contributed by atoms with Crippen molar-refractivity contribution in [2.75, 3.05) is 13.7 Å². The Hall–Kier alpha value is -0.610. The highest BCUT2D eigenvalue weighted by Gasteiger charge is 2.29. The maximum absolute atomic E-state index is 11.7. The number of methoxy groups -OCH3 is 1. The van der Waals surface area contributed by atoms with Crippen molar-refractivity contribution in [3.63, 3.8) is 0 Å². The van der Waals surface area contributed by atoms with Gasteiger partial charge in [-0.2, -0.15) is 0 Å². The normalized spacial score (nSPS) is 25.7. The van der Waals surface area contributed by atoms with Gasteiger partial charge in [-0.3, -0.25) is 4.79 Å². The second-order valence-electron chi connectivity index (χ2n) is 5.22. The van der Waals surface area contributed by atoms with Crippen LogP contribution in [0.5, 0.6) is 0 Å². The van der Waals surface area contributed by atoms with Crippen LogP contribution in [0.3, 0.4) is 0 Å². The standard InChI is InChI=1S/C14H27NO3/c1-3-4-8-13(14(17)18-2)15-12-9-6-5-7-11(12)10-16/h11-13,15-16H,3-10H2,1-2H3. The fourth-order valence-electron chi connectivity index (χ4n) is 2.72. The van der Waals surface area contributed by atoms with Gasteiger partial charge in [-0.1, -0.05) is 32.6 Å². The molecule has 1 fully saturated rings. The SMILES string of the molecule is CCCCC(NC1CCCCC1CO)C(=O)OC. The Morgan fingerprint density at radius 1 is 1.44 bits per heavy atom. The highest BCUT2D eigenvalue weighted by Crippen LogP contribution is 2.24. The number of aliphatic hydroxyl groups is 1. The zero-order valence-corrected chi connectivity index (χ0v) is 11.7. The van der Waals surface area contributed by atoms with Crippen LogP contribution in [-0.2, 0) is 9.53 Å². The summed E-state index contributed by atoms with van der Waals surface area (Å²) in [6.07, 6.45) is 7.36. The van der Waals surface area contributed by atoms with Crippen LogP contribution in [0.15, 0.2) is 0 Å². The van der Waals surface area contributed by atoms with Gasteiger partial charge in [0.15, 0.2) is 0 Å². The van der Waals surface area contributed by atoms with Crippen molar-refractivity contribution in [3.8, 4) is 0 Å². The van der Waals surface area contributed by atoms with Gasteiger partial charge in [0.1, 0.15) is 6.04 Å². The molecule has 1 aliphatic carbocycles. The Kier molecular flexibility index (Phi) is 7.28. The number of hydrogen-bond acceptors (Lipinski definition) is 4. The largest absolute Gasteiger partial charge is 0.468 e. The number of esters is 1. The number of aliphatic hydroxyl groups excluding tert-OH is 1. The van der Waals surface area contributed by atoms with Crippen LogP contribution in [0.1, 0.15) is 51.9 Å². The van der Waals surface area contributed by atoms with Gasteiger partial charge in [0, 0.05) is 12.6 Å². The summed E-state index contributed by atoms with van der Waals surface area (Å²) in [7, 11) is 1.44. The van der Waals surface area contributed by atoms with E-state index >= 15 is 0 Å². The van der Waals surface area contributed by atoms with Crippen molar-refractivity contribution < 1.29 is 14.6 Å². The number of unbranched alkanes of at least 4 members (excludes halogenated alkanes) is 1. The fraction of sp³-hybridized carbons (Fsp3) is 0.929. The monoisotopic (exact) mass is 257 g/mol. The Morgan fingerprint density at radius 3 is 2.78 bits per heavy atom. The predicted molar refractivity (Wildman–Crippen MR) is 71.3 cm³/mol. The van der Waals surface area contributed by atoms with Crippen molar-refractivity contribution in [2.24, 2.45) is 5.92 Å². The molecule has 3 unspecified atom stereocenters. The molecule has 0 heterocycles. The van der Waals surface area contributed by atoms with Gasteiger partial charge < -0.3 is 15.2 Å². The number of carbonyl (C=O) groups is 1. The van der Waals surface area contributed by atoms with E-state index in [-0.39, 0.29) is 30.6 Å². The first-order valence-electron chi connectivity index (χ1n) is 7.17. The van der Waals surface area contributed by atoms with Crippen molar-refractivity contribution in [3.05, 3.63) is 0 Å². The van der Waals surface area contributed by atoms with Crippen molar-refractivity contribution in [1.29, 1.82) is 0 Å². The number of carbonyl (C=O) groups excluding carboxylic acids is 1. The third-order valence-corrected chi connectivity index (χ3v) is 3.89. The van der Waals surface area contributed by atoms with Crippen molar-refractivity contribution in [1.82, 2.24) is 5.32 Å². The summed E-state index contributed by atoms with van der Waals surface area (Å²) in [4.78, 5) is 11.7. The molecule has 3 atom stereocenters. The maximum Gasteiger partial charge on any atom is 0.322 e. The van der Waals surface area contributed by atoms with E-state index in [1.807, 2.05) is 0 Å². The lowest BCUT2D eigenvalue weighted by molar-refractivity contribution is -0.143. The van der Waals surface area contributed by atoms with E-state index in [0.29, 0.717) is 0 Å². The summed E-state index contributed by atoms with van der Waals surface area (Å²) in [5, 5.41) is 12.8. The molecule has 0 aromatic heterocycles. The average molecular weight is 257 g/mol. The van der Waals surface area contributed by atoms with Gasteiger partial charge in [0.2, 0.25) is 0 Å². The lowest BCUT2D eigenvalue weighted by Gasteiger charge is -2.33. The molecule has 0 aliphatic heterocycles. The lowest BCUT2D eigenvalue weighted by atomic mass is 9.84. The van der Waals surface area contributed by atoms with E-state index in [4.69, 9.17) is 4.74 Å². The molecule has 0 saturated heterocycles. The number of rotatable bonds is 7. The predicted octanol–water partition coefficient (Wildman–Crippen LogP) is 1.86. The zero-order valence-electron chi connectivity index (χ0n) is 11.7. The third-order valence-electron chi connectivity index (χ3n) is 3.89. The van der Waals surface area contributed by atoms with Gasteiger partial charge >= 0.3 is 5.97 Å². The molecule has 0 bridgehead atoms. The number of hydrogen-bond donors (Lipinski definition) is 2. The summed E-state index contributed by atoms with van der Waals surface area (Å²) >= 11 is 0.